The molecule has 120 valence electrons. The lowest BCUT2D eigenvalue weighted by molar-refractivity contribution is -0.138. The number of aliphatic carboxylic acids is 1. The first-order chi connectivity index (χ1) is 10.5. The van der Waals surface area contributed by atoms with Crippen LogP contribution < -0.4 is 5.32 Å². The standard InChI is InChI=1S/C17H24N2O3/c1-12-5-7-14(8-6-12)17-13(2)4-3-9-19(17)11-15(20)18-10-16(21)22/h5-8,13,17H,3-4,9-11H2,1-2H3,(H,18,20)(H,21,22). The monoisotopic (exact) mass is 304 g/mol. The van der Waals surface area contributed by atoms with E-state index in [-0.39, 0.29) is 25.0 Å². The van der Waals surface area contributed by atoms with Gasteiger partial charge in [-0.3, -0.25) is 14.5 Å². The molecule has 22 heavy (non-hydrogen) atoms. The summed E-state index contributed by atoms with van der Waals surface area (Å²) in [5, 5.41) is 11.1. The Kier molecular flexibility index (Phi) is 5.55. The zero-order valence-corrected chi connectivity index (χ0v) is 13.2. The number of carbonyl (C=O) groups excluding carboxylic acids is 1. The number of piperidine rings is 1. The first kappa shape index (κ1) is 16.5. The van der Waals surface area contributed by atoms with E-state index in [1.165, 1.54) is 11.1 Å². The molecule has 0 aromatic heterocycles. The van der Waals surface area contributed by atoms with Crippen molar-refractivity contribution in [2.45, 2.75) is 32.7 Å². The summed E-state index contributed by atoms with van der Waals surface area (Å²) in [7, 11) is 0. The number of likely N-dealkylation sites (tertiary alicyclic amines) is 1. The molecule has 2 unspecified atom stereocenters. The van der Waals surface area contributed by atoms with Crippen molar-refractivity contribution in [1.29, 1.82) is 0 Å². The Labute approximate surface area is 131 Å². The second kappa shape index (κ2) is 7.40. The summed E-state index contributed by atoms with van der Waals surface area (Å²) in [6.07, 6.45) is 2.21. The van der Waals surface area contributed by atoms with Crippen LogP contribution in [0, 0.1) is 12.8 Å². The summed E-state index contributed by atoms with van der Waals surface area (Å²) < 4.78 is 0. The van der Waals surface area contributed by atoms with Crippen LogP contribution in [0.3, 0.4) is 0 Å². The van der Waals surface area contributed by atoms with Gasteiger partial charge in [0.05, 0.1) is 6.54 Å². The average Bonchev–Trinajstić information content (AvgIpc) is 2.47. The zero-order chi connectivity index (χ0) is 16.1. The number of rotatable bonds is 5. The molecule has 1 aliphatic heterocycles. The van der Waals surface area contributed by atoms with E-state index < -0.39 is 5.97 Å². The number of amides is 1. The SMILES string of the molecule is Cc1ccc(C2C(C)CCCN2CC(=O)NCC(=O)O)cc1. The van der Waals surface area contributed by atoms with Crippen molar-refractivity contribution in [3.63, 3.8) is 0 Å². The summed E-state index contributed by atoms with van der Waals surface area (Å²) in [6, 6.07) is 8.66. The highest BCUT2D eigenvalue weighted by atomic mass is 16.4. The van der Waals surface area contributed by atoms with Crippen LogP contribution in [0.15, 0.2) is 24.3 Å². The topological polar surface area (TPSA) is 69.6 Å². The number of carboxylic acid groups (broad SMARTS) is 1. The number of benzene rings is 1. The molecule has 0 spiro atoms. The Bertz CT molecular complexity index is 527. The molecule has 2 atom stereocenters. The van der Waals surface area contributed by atoms with E-state index in [0.717, 1.165) is 19.4 Å². The second-order valence-electron chi connectivity index (χ2n) is 6.12. The Balaban J connectivity index is 2.08. The van der Waals surface area contributed by atoms with Crippen LogP contribution in [-0.2, 0) is 9.59 Å². The summed E-state index contributed by atoms with van der Waals surface area (Å²) in [5.41, 5.74) is 2.45. The van der Waals surface area contributed by atoms with Gasteiger partial charge in [-0.05, 0) is 37.8 Å². The van der Waals surface area contributed by atoms with E-state index in [0.29, 0.717) is 5.92 Å². The van der Waals surface area contributed by atoms with E-state index in [1.54, 1.807) is 0 Å². The quantitative estimate of drug-likeness (QED) is 0.872. The van der Waals surface area contributed by atoms with Gasteiger partial charge in [0.15, 0.2) is 0 Å². The number of nitrogens with one attached hydrogen (secondary N) is 1. The first-order valence-corrected chi connectivity index (χ1v) is 7.76. The minimum atomic E-state index is -1.02. The van der Waals surface area contributed by atoms with Crippen molar-refractivity contribution in [3.05, 3.63) is 35.4 Å². The van der Waals surface area contributed by atoms with Crippen LogP contribution in [0.5, 0.6) is 0 Å². The maximum absolute atomic E-state index is 11.9. The van der Waals surface area contributed by atoms with Gasteiger partial charge in [0, 0.05) is 6.04 Å². The lowest BCUT2D eigenvalue weighted by Crippen LogP contribution is -2.45. The highest BCUT2D eigenvalue weighted by Gasteiger charge is 2.30. The molecule has 1 fully saturated rings. The fourth-order valence-electron chi connectivity index (χ4n) is 3.17. The van der Waals surface area contributed by atoms with Crippen LogP contribution in [0.1, 0.15) is 36.9 Å². The Morgan fingerprint density at radius 2 is 2.00 bits per heavy atom. The smallest absolute Gasteiger partial charge is 0.322 e. The van der Waals surface area contributed by atoms with Gasteiger partial charge in [-0.1, -0.05) is 36.8 Å². The number of aryl methyl sites for hydroxylation is 1. The van der Waals surface area contributed by atoms with Gasteiger partial charge in [-0.25, -0.2) is 0 Å². The van der Waals surface area contributed by atoms with Gasteiger partial charge in [-0.2, -0.15) is 0 Å². The fourth-order valence-corrected chi connectivity index (χ4v) is 3.17. The Morgan fingerprint density at radius 3 is 2.64 bits per heavy atom. The average molecular weight is 304 g/mol. The number of nitrogens with zero attached hydrogens (tertiary/aromatic N) is 1. The molecule has 1 aromatic carbocycles. The largest absolute Gasteiger partial charge is 0.480 e. The molecule has 1 heterocycles. The Hall–Kier alpha value is -1.88. The van der Waals surface area contributed by atoms with Gasteiger partial charge in [0.2, 0.25) is 5.91 Å². The van der Waals surface area contributed by atoms with Gasteiger partial charge < -0.3 is 10.4 Å². The van der Waals surface area contributed by atoms with Crippen LogP contribution in [-0.4, -0.2) is 41.5 Å². The predicted octanol–water partition coefficient (Wildman–Crippen LogP) is 1.97. The van der Waals surface area contributed by atoms with Crippen LogP contribution in [0.2, 0.25) is 0 Å². The molecule has 0 radical (unpaired) electrons. The van der Waals surface area contributed by atoms with Crippen LogP contribution in [0.4, 0.5) is 0 Å². The third kappa shape index (κ3) is 4.31. The van der Waals surface area contributed by atoms with Crippen molar-refractivity contribution in [3.8, 4) is 0 Å². The zero-order valence-electron chi connectivity index (χ0n) is 13.2. The van der Waals surface area contributed by atoms with E-state index >= 15 is 0 Å². The molecule has 5 heteroatoms. The van der Waals surface area contributed by atoms with Crippen molar-refractivity contribution in [2.75, 3.05) is 19.6 Å². The molecule has 2 rings (SSSR count). The van der Waals surface area contributed by atoms with E-state index in [2.05, 4.69) is 48.3 Å². The van der Waals surface area contributed by atoms with Crippen LogP contribution in [0.25, 0.3) is 0 Å². The summed E-state index contributed by atoms with van der Waals surface area (Å²) in [6.45, 7) is 5.06. The third-order valence-corrected chi connectivity index (χ3v) is 4.24. The van der Waals surface area contributed by atoms with Gasteiger partial charge in [-0.15, -0.1) is 0 Å². The van der Waals surface area contributed by atoms with Crippen molar-refractivity contribution >= 4 is 11.9 Å². The molecule has 0 aliphatic carbocycles. The molecule has 1 saturated heterocycles. The van der Waals surface area contributed by atoms with Crippen molar-refractivity contribution < 1.29 is 14.7 Å². The molecule has 0 bridgehead atoms. The van der Waals surface area contributed by atoms with E-state index in [9.17, 15) is 9.59 Å². The van der Waals surface area contributed by atoms with Gasteiger partial charge in [0.25, 0.3) is 0 Å². The number of hydrogen-bond donors (Lipinski definition) is 2. The summed E-state index contributed by atoms with van der Waals surface area (Å²) in [4.78, 5) is 24.6. The third-order valence-electron chi connectivity index (χ3n) is 4.24. The predicted molar refractivity (Wildman–Crippen MR) is 84.5 cm³/mol. The van der Waals surface area contributed by atoms with Crippen LogP contribution >= 0.6 is 0 Å². The second-order valence-corrected chi connectivity index (χ2v) is 6.12. The Morgan fingerprint density at radius 1 is 1.32 bits per heavy atom. The van der Waals surface area contributed by atoms with Gasteiger partial charge in [0.1, 0.15) is 6.54 Å². The molecule has 5 nitrogen and oxygen atoms in total. The maximum Gasteiger partial charge on any atom is 0.322 e. The minimum absolute atomic E-state index is 0.213. The minimum Gasteiger partial charge on any atom is -0.480 e. The van der Waals surface area contributed by atoms with E-state index in [4.69, 9.17) is 5.11 Å². The number of hydrogen-bond acceptors (Lipinski definition) is 3. The lowest BCUT2D eigenvalue weighted by Gasteiger charge is -2.40. The summed E-state index contributed by atoms with van der Waals surface area (Å²) >= 11 is 0. The van der Waals surface area contributed by atoms with E-state index in [1.807, 2.05) is 0 Å². The van der Waals surface area contributed by atoms with Crippen molar-refractivity contribution in [2.24, 2.45) is 5.92 Å². The molecule has 1 aliphatic rings. The van der Waals surface area contributed by atoms with Crippen molar-refractivity contribution in [1.82, 2.24) is 10.2 Å². The molecule has 1 amide bonds. The lowest BCUT2D eigenvalue weighted by atomic mass is 9.85. The first-order valence-electron chi connectivity index (χ1n) is 7.76. The highest BCUT2D eigenvalue weighted by molar-refractivity contribution is 5.82. The fraction of sp³-hybridized carbons (Fsp3) is 0.529. The summed E-state index contributed by atoms with van der Waals surface area (Å²) in [5.74, 6) is -0.771. The van der Waals surface area contributed by atoms with Gasteiger partial charge >= 0.3 is 5.97 Å². The molecule has 1 aromatic rings. The highest BCUT2D eigenvalue weighted by Crippen LogP contribution is 2.35. The number of carbonyl (C=O) groups is 2. The molecule has 2 N–H and O–H groups in total. The molecular weight excluding hydrogens is 280 g/mol. The number of carboxylic acids is 1. The maximum atomic E-state index is 11.9. The molecule has 0 saturated carbocycles. The normalized spacial score (nSPS) is 22.3. The molecular formula is C17H24N2O3.